The van der Waals surface area contributed by atoms with Crippen LogP contribution in [0.4, 0.5) is 13.2 Å². The zero-order valence-electron chi connectivity index (χ0n) is 11.7. The van der Waals surface area contributed by atoms with Gasteiger partial charge in [-0.25, -0.2) is 12.7 Å². The highest BCUT2D eigenvalue weighted by atomic mass is 32.2. The van der Waals surface area contributed by atoms with Crippen LogP contribution in [0, 0.1) is 0 Å². The molecule has 0 aromatic rings. The molecule has 1 heterocycles. The molecule has 0 radical (unpaired) electrons. The van der Waals surface area contributed by atoms with Gasteiger partial charge in [-0.15, -0.1) is 0 Å². The molecule has 1 fully saturated rings. The van der Waals surface area contributed by atoms with E-state index in [9.17, 15) is 21.6 Å². The Hall–Kier alpha value is -0.340. The van der Waals surface area contributed by atoms with Crippen molar-refractivity contribution in [1.29, 1.82) is 0 Å². The number of rotatable bonds is 7. The van der Waals surface area contributed by atoms with E-state index >= 15 is 0 Å². The molecule has 4 nitrogen and oxygen atoms in total. The standard InChI is InChI=1S/C12H23F3N2O2S/c1-2-7-16-11-4-8-17(9-5-11)20(18,19)10-3-6-12(13,14)15/h11,16H,2-10H2,1H3. The van der Waals surface area contributed by atoms with Crippen molar-refractivity contribution < 1.29 is 21.6 Å². The summed E-state index contributed by atoms with van der Waals surface area (Å²) in [6.45, 7) is 3.77. The first kappa shape index (κ1) is 17.7. The third-order valence-electron chi connectivity index (χ3n) is 3.39. The number of piperidine rings is 1. The second kappa shape index (κ2) is 7.61. The molecule has 1 aliphatic heterocycles. The fraction of sp³-hybridized carbons (Fsp3) is 1.00. The maximum Gasteiger partial charge on any atom is 0.389 e. The molecule has 0 bridgehead atoms. The van der Waals surface area contributed by atoms with E-state index in [0.717, 1.165) is 25.8 Å². The van der Waals surface area contributed by atoms with Gasteiger partial charge in [0.25, 0.3) is 0 Å². The number of nitrogens with zero attached hydrogens (tertiary/aromatic N) is 1. The Balaban J connectivity index is 2.35. The molecule has 1 aliphatic rings. The van der Waals surface area contributed by atoms with Crippen LogP contribution in [0.5, 0.6) is 0 Å². The van der Waals surface area contributed by atoms with Gasteiger partial charge in [-0.2, -0.15) is 13.2 Å². The van der Waals surface area contributed by atoms with E-state index in [1.807, 2.05) is 0 Å². The second-order valence-corrected chi connectivity index (χ2v) is 7.25. The van der Waals surface area contributed by atoms with Gasteiger partial charge < -0.3 is 5.32 Å². The van der Waals surface area contributed by atoms with Crippen molar-refractivity contribution >= 4 is 10.0 Å². The molecule has 1 saturated heterocycles. The Morgan fingerprint density at radius 3 is 2.35 bits per heavy atom. The van der Waals surface area contributed by atoms with Gasteiger partial charge in [-0.1, -0.05) is 6.92 Å². The lowest BCUT2D eigenvalue weighted by Crippen LogP contribution is -2.45. The van der Waals surface area contributed by atoms with Crippen LogP contribution in [0.2, 0.25) is 0 Å². The van der Waals surface area contributed by atoms with E-state index in [0.29, 0.717) is 19.1 Å². The van der Waals surface area contributed by atoms with Crippen molar-refractivity contribution in [3.8, 4) is 0 Å². The summed E-state index contributed by atoms with van der Waals surface area (Å²) in [6.07, 6.45) is -3.22. The predicted octanol–water partition coefficient (Wildman–Crippen LogP) is 2.12. The van der Waals surface area contributed by atoms with Crippen LogP contribution < -0.4 is 5.32 Å². The minimum absolute atomic E-state index is 0.316. The van der Waals surface area contributed by atoms with Gasteiger partial charge in [0.2, 0.25) is 10.0 Å². The predicted molar refractivity (Wildman–Crippen MR) is 72.0 cm³/mol. The summed E-state index contributed by atoms with van der Waals surface area (Å²) in [5.74, 6) is -0.417. The molecular formula is C12H23F3N2O2S. The molecule has 1 rings (SSSR count). The molecule has 0 unspecified atom stereocenters. The van der Waals surface area contributed by atoms with E-state index in [1.54, 1.807) is 0 Å². The van der Waals surface area contributed by atoms with Crippen LogP contribution in [-0.2, 0) is 10.0 Å². The quantitative estimate of drug-likeness (QED) is 0.783. The van der Waals surface area contributed by atoms with Crippen LogP contribution >= 0.6 is 0 Å². The maximum atomic E-state index is 12.0. The summed E-state index contributed by atoms with van der Waals surface area (Å²) in [5, 5.41) is 3.34. The highest BCUT2D eigenvalue weighted by molar-refractivity contribution is 7.89. The smallest absolute Gasteiger partial charge is 0.314 e. The minimum atomic E-state index is -4.29. The molecule has 0 aromatic carbocycles. The minimum Gasteiger partial charge on any atom is -0.314 e. The SMILES string of the molecule is CCCNC1CCN(S(=O)(=O)CCCC(F)(F)F)CC1. The lowest BCUT2D eigenvalue weighted by atomic mass is 10.1. The van der Waals surface area contributed by atoms with E-state index in [-0.39, 0.29) is 6.42 Å². The number of alkyl halides is 3. The third-order valence-corrected chi connectivity index (χ3v) is 5.35. The molecule has 0 aliphatic carbocycles. The Morgan fingerprint density at radius 2 is 1.85 bits per heavy atom. The largest absolute Gasteiger partial charge is 0.389 e. The van der Waals surface area contributed by atoms with Gasteiger partial charge in [0.15, 0.2) is 0 Å². The Labute approximate surface area is 118 Å². The van der Waals surface area contributed by atoms with Crippen LogP contribution in [0.25, 0.3) is 0 Å². The van der Waals surface area contributed by atoms with Gasteiger partial charge >= 0.3 is 6.18 Å². The first-order valence-corrected chi connectivity index (χ1v) is 8.63. The van der Waals surface area contributed by atoms with Crippen molar-refractivity contribution in [2.45, 2.75) is 51.2 Å². The first-order chi connectivity index (χ1) is 9.24. The summed E-state index contributed by atoms with van der Waals surface area (Å²) in [4.78, 5) is 0. The number of nitrogens with one attached hydrogen (secondary N) is 1. The molecule has 0 amide bonds. The highest BCUT2D eigenvalue weighted by Crippen LogP contribution is 2.23. The van der Waals surface area contributed by atoms with Crippen LogP contribution in [0.15, 0.2) is 0 Å². The van der Waals surface area contributed by atoms with Crippen molar-refractivity contribution in [3.05, 3.63) is 0 Å². The van der Waals surface area contributed by atoms with Crippen molar-refractivity contribution in [3.63, 3.8) is 0 Å². The van der Waals surface area contributed by atoms with Crippen molar-refractivity contribution in [2.75, 3.05) is 25.4 Å². The Bertz CT molecular complexity index is 377. The van der Waals surface area contributed by atoms with E-state index in [1.165, 1.54) is 4.31 Å². The van der Waals surface area contributed by atoms with Gasteiger partial charge in [0, 0.05) is 25.6 Å². The maximum absolute atomic E-state index is 12.0. The van der Waals surface area contributed by atoms with Gasteiger partial charge in [0.1, 0.15) is 0 Å². The van der Waals surface area contributed by atoms with E-state index < -0.39 is 28.4 Å². The van der Waals surface area contributed by atoms with Crippen LogP contribution in [0.3, 0.4) is 0 Å². The summed E-state index contributed by atoms with van der Waals surface area (Å²) >= 11 is 0. The number of sulfonamides is 1. The van der Waals surface area contributed by atoms with Gasteiger partial charge in [0.05, 0.1) is 5.75 Å². The van der Waals surface area contributed by atoms with Crippen LogP contribution in [0.1, 0.15) is 39.0 Å². The van der Waals surface area contributed by atoms with E-state index in [4.69, 9.17) is 0 Å². The molecule has 8 heteroatoms. The molecule has 0 aromatic heterocycles. The third kappa shape index (κ3) is 6.41. The second-order valence-electron chi connectivity index (χ2n) is 5.16. The number of hydrogen-bond acceptors (Lipinski definition) is 3. The number of halogens is 3. The zero-order chi connectivity index (χ0) is 15.2. The molecule has 120 valence electrons. The highest BCUT2D eigenvalue weighted by Gasteiger charge is 2.30. The Morgan fingerprint density at radius 1 is 1.25 bits per heavy atom. The number of hydrogen-bond donors (Lipinski definition) is 1. The topological polar surface area (TPSA) is 49.4 Å². The molecule has 0 atom stereocenters. The average Bonchev–Trinajstić information content (AvgIpc) is 2.35. The zero-order valence-corrected chi connectivity index (χ0v) is 12.6. The van der Waals surface area contributed by atoms with E-state index in [2.05, 4.69) is 12.2 Å². The molecule has 0 saturated carbocycles. The fourth-order valence-electron chi connectivity index (χ4n) is 2.27. The molecule has 20 heavy (non-hydrogen) atoms. The molecular weight excluding hydrogens is 293 g/mol. The first-order valence-electron chi connectivity index (χ1n) is 7.02. The molecule has 0 spiro atoms. The van der Waals surface area contributed by atoms with Gasteiger partial charge in [-0.3, -0.25) is 0 Å². The van der Waals surface area contributed by atoms with Gasteiger partial charge in [-0.05, 0) is 32.2 Å². The lowest BCUT2D eigenvalue weighted by Gasteiger charge is -2.31. The fourth-order valence-corrected chi connectivity index (χ4v) is 3.81. The monoisotopic (exact) mass is 316 g/mol. The average molecular weight is 316 g/mol. The van der Waals surface area contributed by atoms with Crippen LogP contribution in [-0.4, -0.2) is 50.3 Å². The summed E-state index contributed by atoms with van der Waals surface area (Å²) in [6, 6.07) is 0.316. The lowest BCUT2D eigenvalue weighted by molar-refractivity contribution is -0.134. The normalized spacial score (nSPS) is 19.4. The summed E-state index contributed by atoms with van der Waals surface area (Å²) < 4.78 is 61.3. The molecule has 1 N–H and O–H groups in total. The summed E-state index contributed by atoms with van der Waals surface area (Å²) in [7, 11) is -3.54. The van der Waals surface area contributed by atoms with Crippen molar-refractivity contribution in [2.24, 2.45) is 0 Å². The van der Waals surface area contributed by atoms with Crippen molar-refractivity contribution in [1.82, 2.24) is 9.62 Å². The Kier molecular flexibility index (Phi) is 6.74. The summed E-state index contributed by atoms with van der Waals surface area (Å²) in [5.41, 5.74) is 0.